The van der Waals surface area contributed by atoms with Crippen LogP contribution in [0.2, 0.25) is 0 Å². The van der Waals surface area contributed by atoms with Gasteiger partial charge < -0.3 is 0 Å². The van der Waals surface area contributed by atoms with E-state index in [1.807, 2.05) is 0 Å². The molecule has 0 atom stereocenters. The molecule has 0 fully saturated rings. The third kappa shape index (κ3) is 3.70. The Morgan fingerprint density at radius 1 is 0.341 bits per heavy atom. The lowest BCUT2D eigenvalue weighted by Crippen LogP contribution is -2.14. The summed E-state index contributed by atoms with van der Waals surface area (Å²) in [6.45, 7) is 13.9. The lowest BCUT2D eigenvalue weighted by atomic mass is 9.81. The minimum absolute atomic E-state index is 0.00571. The fourth-order valence-electron chi connectivity index (χ4n) is 8.25. The Labute approximate surface area is 262 Å². The molecule has 0 N–H and O–H groups in total. The van der Waals surface area contributed by atoms with Crippen LogP contribution >= 0.6 is 0 Å². The van der Waals surface area contributed by atoms with Crippen molar-refractivity contribution in [2.45, 2.75) is 52.4 Å². The van der Waals surface area contributed by atoms with Crippen LogP contribution in [-0.4, -0.2) is 0 Å². The minimum atomic E-state index is 0.00571. The minimum Gasteiger partial charge on any atom is -0.0619 e. The molecule has 0 nitrogen and oxygen atoms in total. The van der Waals surface area contributed by atoms with E-state index in [9.17, 15) is 0 Å². The quantitative estimate of drug-likeness (QED) is 0.200. The van der Waals surface area contributed by atoms with Crippen LogP contribution in [0.15, 0.2) is 121 Å². The number of fused-ring (bicyclic) bond motifs is 6. The molecule has 0 radical (unpaired) electrons. The van der Waals surface area contributed by atoms with E-state index in [0.29, 0.717) is 0 Å². The normalized spacial score (nSPS) is 15.0. The van der Waals surface area contributed by atoms with E-state index in [4.69, 9.17) is 0 Å². The number of rotatable bonds is 3. The van der Waals surface area contributed by atoms with Crippen molar-refractivity contribution in [1.82, 2.24) is 0 Å². The molecule has 0 saturated heterocycles. The van der Waals surface area contributed by atoms with Crippen molar-refractivity contribution in [2.24, 2.45) is 0 Å². The van der Waals surface area contributed by atoms with Crippen molar-refractivity contribution in [1.29, 1.82) is 0 Å². The molecule has 0 amide bonds. The van der Waals surface area contributed by atoms with Gasteiger partial charge in [-0.1, -0.05) is 149 Å². The molecule has 0 heterocycles. The second-order valence-corrected chi connectivity index (χ2v) is 13.9. The van der Waals surface area contributed by atoms with Gasteiger partial charge in [-0.15, -0.1) is 0 Å². The van der Waals surface area contributed by atoms with E-state index in [-0.39, 0.29) is 10.8 Å². The topological polar surface area (TPSA) is 0 Å². The second-order valence-electron chi connectivity index (χ2n) is 13.9. The maximum absolute atomic E-state index is 2.37. The number of hydrogen-bond acceptors (Lipinski definition) is 0. The maximum Gasteiger partial charge on any atom is 0.0159 e. The first-order chi connectivity index (χ1) is 21.2. The summed E-state index contributed by atoms with van der Waals surface area (Å²) in [6.07, 6.45) is 0. The van der Waals surface area contributed by atoms with Crippen molar-refractivity contribution in [3.8, 4) is 55.6 Å². The second kappa shape index (κ2) is 9.41. The molecular weight excluding hydrogens is 528 g/mol. The molecule has 8 rings (SSSR count). The highest BCUT2D eigenvalue weighted by molar-refractivity contribution is 5.95. The van der Waals surface area contributed by atoms with Crippen molar-refractivity contribution in [3.63, 3.8) is 0 Å². The van der Waals surface area contributed by atoms with Gasteiger partial charge in [0, 0.05) is 10.8 Å². The zero-order valence-electron chi connectivity index (χ0n) is 26.5. The number of benzene rings is 6. The summed E-state index contributed by atoms with van der Waals surface area (Å²) < 4.78 is 0. The third-order valence-electron chi connectivity index (χ3n) is 10.6. The van der Waals surface area contributed by atoms with Crippen molar-refractivity contribution in [3.05, 3.63) is 155 Å². The Morgan fingerprint density at radius 3 is 1.11 bits per heavy atom. The van der Waals surface area contributed by atoms with Crippen LogP contribution in [0.3, 0.4) is 0 Å². The lowest BCUT2D eigenvalue weighted by molar-refractivity contribution is 0.660. The zero-order valence-corrected chi connectivity index (χ0v) is 26.5. The molecule has 0 saturated carbocycles. The van der Waals surface area contributed by atoms with Crippen LogP contribution in [0.5, 0.6) is 0 Å². The third-order valence-corrected chi connectivity index (χ3v) is 10.6. The highest BCUT2D eigenvalue weighted by Crippen LogP contribution is 2.54. The highest BCUT2D eigenvalue weighted by Gasteiger charge is 2.37. The van der Waals surface area contributed by atoms with Crippen molar-refractivity contribution in [2.75, 3.05) is 0 Å². The standard InChI is InChI=1S/C44H38/c1-27-25-29(21-23-31(27)33-15-11-19-39-41(33)35-13-7-9-17-37(35)43(39,3)4)30-22-24-32(28(2)26-30)34-16-12-20-40-42(34)36-14-8-10-18-38(36)44(40,5)6/h7-26H,1-6H3. The summed E-state index contributed by atoms with van der Waals surface area (Å²) in [4.78, 5) is 0. The molecule has 0 aliphatic heterocycles. The van der Waals surface area contributed by atoms with Gasteiger partial charge in [0.2, 0.25) is 0 Å². The Balaban J connectivity index is 1.19. The van der Waals surface area contributed by atoms with Crippen LogP contribution in [0.25, 0.3) is 55.6 Å². The van der Waals surface area contributed by atoms with Gasteiger partial charge in [-0.05, 0) is 103 Å². The van der Waals surface area contributed by atoms with Crippen LogP contribution < -0.4 is 0 Å². The summed E-state index contributed by atoms with van der Waals surface area (Å²) in [6, 6.07) is 45.6. The first kappa shape index (κ1) is 26.9. The fraction of sp³-hybridized carbons (Fsp3) is 0.182. The SMILES string of the molecule is Cc1cc(-c2ccc(-c3cccc4c3-c3ccccc3C4(C)C)c(C)c2)ccc1-c1cccc2c1-c1ccccc1C2(C)C. The largest absolute Gasteiger partial charge is 0.0619 e. The monoisotopic (exact) mass is 566 g/mol. The Kier molecular flexibility index (Phi) is 5.75. The Bertz CT molecular complexity index is 1980. The van der Waals surface area contributed by atoms with Crippen LogP contribution in [-0.2, 0) is 10.8 Å². The average molecular weight is 567 g/mol. The van der Waals surface area contributed by atoms with Gasteiger partial charge in [-0.3, -0.25) is 0 Å². The molecular formula is C44H38. The Morgan fingerprint density at radius 2 is 0.705 bits per heavy atom. The molecule has 214 valence electrons. The van der Waals surface area contributed by atoms with E-state index >= 15 is 0 Å². The lowest BCUT2D eigenvalue weighted by Gasteiger charge is -2.22. The van der Waals surface area contributed by atoms with Gasteiger partial charge >= 0.3 is 0 Å². The Hall–Kier alpha value is -4.68. The molecule has 2 aliphatic rings. The first-order valence-electron chi connectivity index (χ1n) is 15.9. The molecule has 0 aromatic heterocycles. The van der Waals surface area contributed by atoms with E-state index in [0.717, 1.165) is 0 Å². The predicted octanol–water partition coefficient (Wildman–Crippen LogP) is 11.9. The highest BCUT2D eigenvalue weighted by atomic mass is 14.4. The van der Waals surface area contributed by atoms with E-state index < -0.39 is 0 Å². The first-order valence-corrected chi connectivity index (χ1v) is 15.9. The van der Waals surface area contributed by atoms with Gasteiger partial charge in [0.25, 0.3) is 0 Å². The molecule has 6 aromatic carbocycles. The van der Waals surface area contributed by atoms with Gasteiger partial charge in [0.05, 0.1) is 0 Å². The summed E-state index contributed by atoms with van der Waals surface area (Å²) in [5.74, 6) is 0. The number of hydrogen-bond donors (Lipinski definition) is 0. The molecule has 2 aliphatic carbocycles. The summed E-state index contributed by atoms with van der Waals surface area (Å²) >= 11 is 0. The summed E-state index contributed by atoms with van der Waals surface area (Å²) in [5.41, 5.74) is 21.6. The van der Waals surface area contributed by atoms with Crippen LogP contribution in [0, 0.1) is 13.8 Å². The van der Waals surface area contributed by atoms with Gasteiger partial charge in [0.15, 0.2) is 0 Å². The molecule has 44 heavy (non-hydrogen) atoms. The molecule has 0 spiro atoms. The fourth-order valence-corrected chi connectivity index (χ4v) is 8.25. The molecule has 0 unspecified atom stereocenters. The average Bonchev–Trinajstić information content (AvgIpc) is 3.41. The summed E-state index contributed by atoms with van der Waals surface area (Å²) in [7, 11) is 0. The smallest absolute Gasteiger partial charge is 0.0159 e. The summed E-state index contributed by atoms with van der Waals surface area (Å²) in [5, 5.41) is 0. The number of aryl methyl sites for hydroxylation is 2. The van der Waals surface area contributed by atoms with Crippen LogP contribution in [0.1, 0.15) is 61.1 Å². The van der Waals surface area contributed by atoms with Crippen molar-refractivity contribution < 1.29 is 0 Å². The van der Waals surface area contributed by atoms with Gasteiger partial charge in [0.1, 0.15) is 0 Å². The van der Waals surface area contributed by atoms with Gasteiger partial charge in [-0.25, -0.2) is 0 Å². The molecule has 0 bridgehead atoms. The molecule has 6 aromatic rings. The predicted molar refractivity (Wildman–Crippen MR) is 187 cm³/mol. The molecule has 0 heteroatoms. The van der Waals surface area contributed by atoms with Crippen molar-refractivity contribution >= 4 is 0 Å². The van der Waals surface area contributed by atoms with E-state index in [1.54, 1.807) is 0 Å². The zero-order chi connectivity index (χ0) is 30.4. The van der Waals surface area contributed by atoms with E-state index in [2.05, 4.69) is 163 Å². The van der Waals surface area contributed by atoms with Crippen LogP contribution in [0.4, 0.5) is 0 Å². The van der Waals surface area contributed by atoms with E-state index in [1.165, 1.54) is 89.0 Å². The maximum atomic E-state index is 2.37. The van der Waals surface area contributed by atoms with Gasteiger partial charge in [-0.2, -0.15) is 0 Å².